The Morgan fingerprint density at radius 3 is 2.56 bits per heavy atom. The normalized spacial score (nSPS) is 14.0. The van der Waals surface area contributed by atoms with Crippen molar-refractivity contribution in [3.8, 4) is 5.75 Å². The van der Waals surface area contributed by atoms with Crippen LogP contribution in [0.25, 0.3) is 0 Å². The van der Waals surface area contributed by atoms with Crippen molar-refractivity contribution in [1.82, 2.24) is 0 Å². The van der Waals surface area contributed by atoms with Crippen molar-refractivity contribution >= 4 is 5.97 Å². The summed E-state index contributed by atoms with van der Waals surface area (Å²) in [7, 11) is 1.19. The third-order valence-electron chi connectivity index (χ3n) is 2.56. The van der Waals surface area contributed by atoms with Crippen molar-refractivity contribution in [1.29, 1.82) is 0 Å². The maximum atomic E-state index is 11.2. The van der Waals surface area contributed by atoms with Crippen LogP contribution >= 0.6 is 0 Å². The Labute approximate surface area is 104 Å². The lowest BCUT2D eigenvalue weighted by Gasteiger charge is -2.17. The number of rotatable bonds is 5. The lowest BCUT2D eigenvalue weighted by molar-refractivity contribution is 0.00412. The first-order chi connectivity index (χ1) is 8.51. The van der Waals surface area contributed by atoms with E-state index in [-0.39, 0.29) is 29.9 Å². The second-order valence-electron chi connectivity index (χ2n) is 3.79. The van der Waals surface area contributed by atoms with Crippen molar-refractivity contribution in [2.24, 2.45) is 0 Å². The summed E-state index contributed by atoms with van der Waals surface area (Å²) in [4.78, 5) is 11.2. The predicted molar refractivity (Wildman–Crippen MR) is 62.1 cm³/mol. The molecule has 1 rings (SSSR count). The van der Waals surface area contributed by atoms with Gasteiger partial charge in [-0.3, -0.25) is 0 Å². The number of phenolic OH excluding ortho intramolecular Hbond substituents is 1. The highest BCUT2D eigenvalue weighted by atomic mass is 16.5. The zero-order valence-corrected chi connectivity index (χ0v) is 9.91. The lowest BCUT2D eigenvalue weighted by Crippen LogP contribution is -2.19. The zero-order chi connectivity index (χ0) is 13.7. The number of aliphatic hydroxyl groups excluding tert-OH is 3. The molecule has 18 heavy (non-hydrogen) atoms. The van der Waals surface area contributed by atoms with Crippen molar-refractivity contribution in [3.63, 3.8) is 0 Å². The summed E-state index contributed by atoms with van der Waals surface area (Å²) in [6, 6.07) is 3.88. The molecule has 1 aromatic carbocycles. The fourth-order valence-electron chi connectivity index (χ4n) is 1.53. The highest BCUT2D eigenvalue weighted by Crippen LogP contribution is 2.26. The van der Waals surface area contributed by atoms with Gasteiger partial charge in [0.1, 0.15) is 17.4 Å². The van der Waals surface area contributed by atoms with E-state index in [0.717, 1.165) is 0 Å². The number of methoxy groups -OCH3 is 1. The number of aromatic hydroxyl groups is 1. The molecular formula is C12H16O6. The van der Waals surface area contributed by atoms with Crippen molar-refractivity contribution in [2.45, 2.75) is 18.6 Å². The quantitative estimate of drug-likeness (QED) is 0.550. The number of esters is 1. The van der Waals surface area contributed by atoms with Crippen molar-refractivity contribution < 1.29 is 30.0 Å². The zero-order valence-electron chi connectivity index (χ0n) is 9.91. The largest absolute Gasteiger partial charge is 0.507 e. The first-order valence-corrected chi connectivity index (χ1v) is 5.39. The molecule has 0 radical (unpaired) electrons. The number of carbonyl (C=O) groups excluding carboxylic acids is 1. The number of phenols is 1. The van der Waals surface area contributed by atoms with Gasteiger partial charge in [0.25, 0.3) is 0 Å². The number of carbonyl (C=O) groups is 1. The topological polar surface area (TPSA) is 107 Å². The third-order valence-corrected chi connectivity index (χ3v) is 2.56. The molecule has 0 heterocycles. The molecule has 6 heteroatoms. The molecule has 4 N–H and O–H groups in total. The summed E-state index contributed by atoms with van der Waals surface area (Å²) in [5.41, 5.74) is 0.228. The second-order valence-corrected chi connectivity index (χ2v) is 3.79. The Morgan fingerprint density at radius 2 is 2.06 bits per heavy atom. The summed E-state index contributed by atoms with van der Waals surface area (Å²) >= 11 is 0. The van der Waals surface area contributed by atoms with Gasteiger partial charge in [-0.15, -0.1) is 0 Å². The number of aliphatic hydroxyl groups is 3. The molecule has 0 saturated carbocycles. The van der Waals surface area contributed by atoms with Crippen LogP contribution in [0.15, 0.2) is 18.2 Å². The highest BCUT2D eigenvalue weighted by Gasteiger charge is 2.20. The molecule has 0 aliphatic rings. The maximum Gasteiger partial charge on any atom is 0.341 e. The number of hydrogen-bond donors (Lipinski definition) is 4. The number of ether oxygens (including phenoxy) is 1. The molecule has 0 aromatic heterocycles. The average Bonchev–Trinajstić information content (AvgIpc) is 2.37. The van der Waals surface area contributed by atoms with Crippen LogP contribution in [0.3, 0.4) is 0 Å². The minimum Gasteiger partial charge on any atom is -0.507 e. The first kappa shape index (κ1) is 14.4. The fraction of sp³-hybridized carbons (Fsp3) is 0.417. The Bertz CT molecular complexity index is 417. The Balaban J connectivity index is 2.93. The number of hydrogen-bond acceptors (Lipinski definition) is 6. The molecular weight excluding hydrogens is 240 g/mol. The van der Waals surface area contributed by atoms with Crippen LogP contribution in [0, 0.1) is 0 Å². The lowest BCUT2D eigenvalue weighted by atomic mass is 10.0. The fourth-order valence-corrected chi connectivity index (χ4v) is 1.53. The summed E-state index contributed by atoms with van der Waals surface area (Å²) in [6.45, 7) is -0.259. The molecule has 2 atom stereocenters. The van der Waals surface area contributed by atoms with Gasteiger partial charge in [-0.2, -0.15) is 0 Å². The molecule has 0 saturated heterocycles. The molecule has 100 valence electrons. The van der Waals surface area contributed by atoms with E-state index in [2.05, 4.69) is 4.74 Å². The van der Waals surface area contributed by atoms with E-state index in [1.54, 1.807) is 0 Å². The molecule has 0 aliphatic heterocycles. The maximum absolute atomic E-state index is 11.2. The molecule has 0 fully saturated rings. The molecule has 0 amide bonds. The molecule has 2 unspecified atom stereocenters. The van der Waals surface area contributed by atoms with E-state index >= 15 is 0 Å². The van der Waals surface area contributed by atoms with Crippen LogP contribution in [-0.4, -0.2) is 46.2 Å². The minimum atomic E-state index is -1.24. The smallest absolute Gasteiger partial charge is 0.341 e. The van der Waals surface area contributed by atoms with Crippen LogP contribution in [0.1, 0.15) is 28.4 Å². The molecule has 0 aliphatic carbocycles. The standard InChI is InChI=1S/C12H16O6/c1-18-12(17)8-3-2-7(6-10(8)15)11(16)9(14)4-5-13/h2-3,6,9,11,13-16H,4-5H2,1H3. The Kier molecular flexibility index (Phi) is 5.08. The summed E-state index contributed by atoms with van der Waals surface area (Å²) in [5.74, 6) is -1.03. The van der Waals surface area contributed by atoms with E-state index in [4.69, 9.17) is 5.11 Å². The van der Waals surface area contributed by atoms with Crippen LogP contribution in [0.5, 0.6) is 5.75 Å². The SMILES string of the molecule is COC(=O)c1ccc(C(O)C(O)CCO)cc1O. The monoisotopic (exact) mass is 256 g/mol. The minimum absolute atomic E-state index is 0.0146. The molecule has 1 aromatic rings. The predicted octanol–water partition coefficient (Wildman–Crippen LogP) is -0.0445. The van der Waals surface area contributed by atoms with E-state index < -0.39 is 18.2 Å². The molecule has 0 bridgehead atoms. The second kappa shape index (κ2) is 6.34. The van der Waals surface area contributed by atoms with Crippen LogP contribution < -0.4 is 0 Å². The summed E-state index contributed by atoms with van der Waals surface area (Å²) < 4.78 is 4.46. The van der Waals surface area contributed by atoms with Gasteiger partial charge in [0, 0.05) is 6.61 Å². The third kappa shape index (κ3) is 3.19. The van der Waals surface area contributed by atoms with E-state index in [1.807, 2.05) is 0 Å². The highest BCUT2D eigenvalue weighted by molar-refractivity contribution is 5.92. The summed E-state index contributed by atoms with van der Waals surface area (Å²) in [6.07, 6.45) is -2.37. The summed E-state index contributed by atoms with van der Waals surface area (Å²) in [5, 5.41) is 37.5. The van der Waals surface area contributed by atoms with Gasteiger partial charge < -0.3 is 25.2 Å². The van der Waals surface area contributed by atoms with Gasteiger partial charge >= 0.3 is 5.97 Å². The van der Waals surface area contributed by atoms with Crippen LogP contribution in [-0.2, 0) is 4.74 Å². The van der Waals surface area contributed by atoms with Crippen molar-refractivity contribution in [2.75, 3.05) is 13.7 Å². The van der Waals surface area contributed by atoms with E-state index in [9.17, 15) is 20.1 Å². The van der Waals surface area contributed by atoms with E-state index in [1.165, 1.54) is 25.3 Å². The number of benzene rings is 1. The van der Waals surface area contributed by atoms with Gasteiger partial charge in [-0.05, 0) is 24.1 Å². The van der Waals surface area contributed by atoms with Crippen LogP contribution in [0.2, 0.25) is 0 Å². The van der Waals surface area contributed by atoms with E-state index in [0.29, 0.717) is 0 Å². The van der Waals surface area contributed by atoms with Crippen LogP contribution in [0.4, 0.5) is 0 Å². The average molecular weight is 256 g/mol. The van der Waals surface area contributed by atoms with Gasteiger partial charge in [0.2, 0.25) is 0 Å². The van der Waals surface area contributed by atoms with Gasteiger partial charge in [-0.1, -0.05) is 6.07 Å². The molecule has 6 nitrogen and oxygen atoms in total. The molecule has 0 spiro atoms. The van der Waals surface area contributed by atoms with Crippen molar-refractivity contribution in [3.05, 3.63) is 29.3 Å². The Hall–Kier alpha value is -1.63. The van der Waals surface area contributed by atoms with Gasteiger partial charge in [0.15, 0.2) is 0 Å². The van der Waals surface area contributed by atoms with Gasteiger partial charge in [0.05, 0.1) is 13.2 Å². The van der Waals surface area contributed by atoms with Gasteiger partial charge in [-0.25, -0.2) is 4.79 Å². The first-order valence-electron chi connectivity index (χ1n) is 5.39. The Morgan fingerprint density at radius 1 is 1.39 bits per heavy atom.